The van der Waals surface area contributed by atoms with Crippen LogP contribution < -0.4 is 14.8 Å². The summed E-state index contributed by atoms with van der Waals surface area (Å²) in [6.45, 7) is 7.11. The molecular weight excluding hydrogens is 401 g/mol. The van der Waals surface area contributed by atoms with Crippen molar-refractivity contribution in [1.29, 1.82) is 0 Å². The van der Waals surface area contributed by atoms with E-state index in [-0.39, 0.29) is 11.4 Å². The van der Waals surface area contributed by atoms with Gasteiger partial charge < -0.3 is 14.6 Å². The van der Waals surface area contributed by atoms with Crippen molar-refractivity contribution in [3.05, 3.63) is 60.5 Å². The van der Waals surface area contributed by atoms with E-state index in [0.717, 1.165) is 5.56 Å². The minimum absolute atomic E-state index is 0.316. The molecule has 2 aromatic carbocycles. The molecule has 4 rings (SSSR count). The molecule has 1 aliphatic rings. The molecule has 1 aliphatic heterocycles. The summed E-state index contributed by atoms with van der Waals surface area (Å²) in [6, 6.07) is 14.2. The van der Waals surface area contributed by atoms with Crippen LogP contribution in [0.3, 0.4) is 0 Å². The lowest BCUT2D eigenvalue weighted by Gasteiger charge is -2.23. The summed E-state index contributed by atoms with van der Waals surface area (Å²) in [7, 11) is 0. The molecule has 0 bridgehead atoms. The van der Waals surface area contributed by atoms with Crippen molar-refractivity contribution in [2.45, 2.75) is 31.2 Å². The SMILES string of the molecule is CC(C)(C)N[S+]([O-])c1ccccc1-c1ccc(-c2cnc3c(c2)OCCN3)c(F)c1. The molecule has 1 unspecified atom stereocenters. The number of pyridine rings is 1. The van der Waals surface area contributed by atoms with Gasteiger partial charge in [0, 0.05) is 22.9 Å². The molecule has 2 N–H and O–H groups in total. The lowest BCUT2D eigenvalue weighted by molar-refractivity contribution is 0.321. The molecular formula is C23H24FN3O2S. The number of nitrogens with zero attached hydrogens (tertiary/aromatic N) is 1. The molecule has 0 amide bonds. The van der Waals surface area contributed by atoms with E-state index in [1.165, 1.54) is 6.07 Å². The van der Waals surface area contributed by atoms with Crippen molar-refractivity contribution in [2.24, 2.45) is 0 Å². The maximum Gasteiger partial charge on any atom is 0.181 e. The Morgan fingerprint density at radius 1 is 1.10 bits per heavy atom. The molecule has 0 saturated carbocycles. The van der Waals surface area contributed by atoms with Crippen molar-refractivity contribution in [3.8, 4) is 28.0 Å². The number of fused-ring (bicyclic) bond motifs is 1. The average molecular weight is 426 g/mol. The summed E-state index contributed by atoms with van der Waals surface area (Å²) in [5.41, 5.74) is 2.17. The molecule has 30 heavy (non-hydrogen) atoms. The second-order valence-electron chi connectivity index (χ2n) is 8.16. The first-order valence-corrected chi connectivity index (χ1v) is 10.9. The van der Waals surface area contributed by atoms with Crippen LogP contribution in [0.15, 0.2) is 59.6 Å². The van der Waals surface area contributed by atoms with Crippen molar-refractivity contribution in [3.63, 3.8) is 0 Å². The monoisotopic (exact) mass is 425 g/mol. The van der Waals surface area contributed by atoms with Gasteiger partial charge in [-0.1, -0.05) is 24.3 Å². The van der Waals surface area contributed by atoms with Crippen molar-refractivity contribution >= 4 is 17.2 Å². The number of benzene rings is 2. The topological polar surface area (TPSA) is 69.2 Å². The van der Waals surface area contributed by atoms with Crippen LogP contribution in [0.5, 0.6) is 5.75 Å². The van der Waals surface area contributed by atoms with Gasteiger partial charge in [0.1, 0.15) is 12.4 Å². The number of nitrogens with one attached hydrogen (secondary N) is 2. The Bertz CT molecular complexity index is 1070. The van der Waals surface area contributed by atoms with Gasteiger partial charge in [-0.05, 0) is 50.6 Å². The summed E-state index contributed by atoms with van der Waals surface area (Å²) < 4.78 is 36.6. The van der Waals surface area contributed by atoms with Gasteiger partial charge in [-0.15, -0.1) is 4.72 Å². The molecule has 1 aromatic heterocycles. The highest BCUT2D eigenvalue weighted by atomic mass is 32.2. The van der Waals surface area contributed by atoms with Crippen LogP contribution in [-0.2, 0) is 11.4 Å². The zero-order chi connectivity index (χ0) is 21.3. The van der Waals surface area contributed by atoms with E-state index >= 15 is 4.39 Å². The predicted octanol–water partition coefficient (Wildman–Crippen LogP) is 4.77. The second-order valence-corrected chi connectivity index (χ2v) is 9.34. The summed E-state index contributed by atoms with van der Waals surface area (Å²) in [6.07, 6.45) is 1.63. The fourth-order valence-corrected chi connectivity index (χ4v) is 4.54. The molecule has 0 fully saturated rings. The van der Waals surface area contributed by atoms with E-state index in [0.29, 0.717) is 46.3 Å². The summed E-state index contributed by atoms with van der Waals surface area (Å²) in [5, 5.41) is 3.15. The molecule has 0 saturated heterocycles. The Hall–Kier alpha value is -2.61. The number of aromatic nitrogens is 1. The van der Waals surface area contributed by atoms with Crippen molar-refractivity contribution in [2.75, 3.05) is 18.5 Å². The van der Waals surface area contributed by atoms with Crippen LogP contribution in [0.1, 0.15) is 20.8 Å². The largest absolute Gasteiger partial charge is 0.593 e. The van der Waals surface area contributed by atoms with E-state index in [1.807, 2.05) is 45.0 Å². The Kier molecular flexibility index (Phi) is 5.69. The van der Waals surface area contributed by atoms with Crippen LogP contribution in [-0.4, -0.2) is 28.2 Å². The molecule has 1 atom stereocenters. The highest BCUT2D eigenvalue weighted by Gasteiger charge is 2.24. The van der Waals surface area contributed by atoms with E-state index in [1.54, 1.807) is 24.4 Å². The number of hydrogen-bond donors (Lipinski definition) is 2. The van der Waals surface area contributed by atoms with Crippen molar-refractivity contribution in [1.82, 2.24) is 9.71 Å². The Morgan fingerprint density at radius 2 is 1.90 bits per heavy atom. The number of anilines is 1. The second kappa shape index (κ2) is 8.26. The van der Waals surface area contributed by atoms with E-state index in [9.17, 15) is 4.55 Å². The van der Waals surface area contributed by atoms with Crippen LogP contribution in [0.2, 0.25) is 0 Å². The normalized spacial score (nSPS) is 14.4. The van der Waals surface area contributed by atoms with Gasteiger partial charge in [0.2, 0.25) is 0 Å². The maximum absolute atomic E-state index is 15.1. The van der Waals surface area contributed by atoms with Crippen LogP contribution >= 0.6 is 0 Å². The van der Waals surface area contributed by atoms with Gasteiger partial charge in [0.05, 0.1) is 23.4 Å². The molecule has 0 spiro atoms. The minimum atomic E-state index is -1.42. The standard InChI is InChI=1S/C23H24FN3O2S/c1-23(2,3)27-30(28)21-7-5-4-6-18(21)15-8-9-17(19(24)12-15)16-13-20-22(26-14-16)25-10-11-29-20/h4-9,12-14,27H,10-11H2,1-3H3,(H,25,26). The molecule has 3 aromatic rings. The number of hydrogen-bond acceptors (Lipinski definition) is 5. The van der Waals surface area contributed by atoms with Gasteiger partial charge in [0.25, 0.3) is 0 Å². The first-order valence-electron chi connectivity index (χ1n) is 9.77. The first-order chi connectivity index (χ1) is 14.3. The zero-order valence-corrected chi connectivity index (χ0v) is 18.0. The summed E-state index contributed by atoms with van der Waals surface area (Å²) in [4.78, 5) is 4.96. The highest BCUT2D eigenvalue weighted by Crippen LogP contribution is 2.34. The molecule has 0 radical (unpaired) electrons. The molecule has 156 valence electrons. The highest BCUT2D eigenvalue weighted by molar-refractivity contribution is 7.89. The van der Waals surface area contributed by atoms with Gasteiger partial charge >= 0.3 is 0 Å². The zero-order valence-electron chi connectivity index (χ0n) is 17.2. The van der Waals surface area contributed by atoms with Crippen LogP contribution in [0.4, 0.5) is 10.2 Å². The van der Waals surface area contributed by atoms with Crippen molar-refractivity contribution < 1.29 is 13.7 Å². The predicted molar refractivity (Wildman–Crippen MR) is 118 cm³/mol. The first kappa shape index (κ1) is 20.7. The average Bonchev–Trinajstić information content (AvgIpc) is 2.72. The van der Waals surface area contributed by atoms with Gasteiger partial charge in [-0.2, -0.15) is 0 Å². The molecule has 7 heteroatoms. The van der Waals surface area contributed by atoms with Gasteiger partial charge in [-0.3, -0.25) is 0 Å². The van der Waals surface area contributed by atoms with E-state index in [4.69, 9.17) is 4.74 Å². The Balaban J connectivity index is 1.68. The van der Waals surface area contributed by atoms with Crippen LogP contribution in [0, 0.1) is 5.82 Å². The fraction of sp³-hybridized carbons (Fsp3) is 0.261. The number of ether oxygens (including phenoxy) is 1. The molecule has 5 nitrogen and oxygen atoms in total. The van der Waals surface area contributed by atoms with E-state index < -0.39 is 11.4 Å². The van der Waals surface area contributed by atoms with Gasteiger partial charge in [0.15, 0.2) is 16.5 Å². The fourth-order valence-electron chi connectivity index (χ4n) is 3.28. The maximum atomic E-state index is 15.1. The lowest BCUT2D eigenvalue weighted by atomic mass is 10.0. The number of halogens is 1. The number of rotatable bonds is 4. The third kappa shape index (κ3) is 4.43. The smallest absolute Gasteiger partial charge is 0.181 e. The third-order valence-electron chi connectivity index (χ3n) is 4.58. The third-order valence-corrected chi connectivity index (χ3v) is 6.13. The summed E-state index contributed by atoms with van der Waals surface area (Å²) >= 11 is -1.42. The van der Waals surface area contributed by atoms with Crippen LogP contribution in [0.25, 0.3) is 22.3 Å². The molecule has 2 heterocycles. The molecule has 0 aliphatic carbocycles. The summed E-state index contributed by atoms with van der Waals surface area (Å²) in [5.74, 6) is 0.920. The Labute approximate surface area is 179 Å². The Morgan fingerprint density at radius 3 is 2.67 bits per heavy atom. The van der Waals surface area contributed by atoms with Gasteiger partial charge in [-0.25, -0.2) is 9.37 Å². The quantitative estimate of drug-likeness (QED) is 0.590. The minimum Gasteiger partial charge on any atom is -0.593 e. The lowest BCUT2D eigenvalue weighted by Crippen LogP contribution is -2.40. The van der Waals surface area contributed by atoms with E-state index in [2.05, 4.69) is 15.0 Å².